The maximum absolute atomic E-state index is 12.0. The van der Waals surface area contributed by atoms with Crippen molar-refractivity contribution in [3.63, 3.8) is 0 Å². The summed E-state index contributed by atoms with van der Waals surface area (Å²) >= 11 is 0. The lowest BCUT2D eigenvalue weighted by molar-refractivity contribution is -0.128. The van der Waals surface area contributed by atoms with Crippen molar-refractivity contribution in [2.45, 2.75) is 26.7 Å². The van der Waals surface area contributed by atoms with Gasteiger partial charge in [0.05, 0.1) is 23.9 Å². The molecule has 1 aromatic heterocycles. The van der Waals surface area contributed by atoms with Crippen LogP contribution in [-0.4, -0.2) is 21.8 Å². The van der Waals surface area contributed by atoms with Crippen molar-refractivity contribution in [1.29, 1.82) is 0 Å². The van der Waals surface area contributed by atoms with Crippen LogP contribution in [-0.2, 0) is 22.4 Å². The topological polar surface area (TPSA) is 86.9 Å². The van der Waals surface area contributed by atoms with Crippen LogP contribution in [0.5, 0.6) is 0 Å². The van der Waals surface area contributed by atoms with Crippen LogP contribution in [0.1, 0.15) is 22.5 Å². The molecule has 2 aromatic carbocycles. The number of para-hydroxylation sites is 2. The normalized spacial score (nSPS) is 10.6. The largest absolute Gasteiger partial charge is 0.342 e. The standard InChI is InChI=1S/C19H20N4O2/c1-12-7-8-14(9-13(12)2)10-18(24)22-23-19(25)11-17-20-15-5-3-4-6-16(15)21-17/h3-9H,10-11H2,1-2H3,(H,20,21)(H,22,24)(H,23,25). The van der Waals surface area contributed by atoms with Gasteiger partial charge in [-0.3, -0.25) is 20.4 Å². The van der Waals surface area contributed by atoms with Gasteiger partial charge in [-0.2, -0.15) is 0 Å². The summed E-state index contributed by atoms with van der Waals surface area (Å²) in [6.45, 7) is 4.03. The molecular formula is C19H20N4O2. The fourth-order valence-electron chi connectivity index (χ4n) is 2.57. The lowest BCUT2D eigenvalue weighted by Gasteiger charge is -2.08. The van der Waals surface area contributed by atoms with Crippen LogP contribution in [0.15, 0.2) is 42.5 Å². The summed E-state index contributed by atoms with van der Waals surface area (Å²) in [5.74, 6) is -0.0317. The number of fused-ring (bicyclic) bond motifs is 1. The summed E-state index contributed by atoms with van der Waals surface area (Å²) in [4.78, 5) is 31.3. The summed E-state index contributed by atoms with van der Waals surface area (Å²) in [6, 6.07) is 13.4. The first-order valence-electron chi connectivity index (χ1n) is 8.09. The average molecular weight is 336 g/mol. The van der Waals surface area contributed by atoms with Gasteiger partial charge in [-0.1, -0.05) is 30.3 Å². The van der Waals surface area contributed by atoms with E-state index in [-0.39, 0.29) is 24.7 Å². The number of hydrazine groups is 1. The predicted octanol–water partition coefficient (Wildman–Crippen LogP) is 2.11. The molecule has 0 bridgehead atoms. The zero-order valence-electron chi connectivity index (χ0n) is 14.2. The Morgan fingerprint density at radius 3 is 2.40 bits per heavy atom. The van der Waals surface area contributed by atoms with E-state index in [4.69, 9.17) is 0 Å². The van der Waals surface area contributed by atoms with Gasteiger partial charge >= 0.3 is 0 Å². The molecule has 25 heavy (non-hydrogen) atoms. The minimum absolute atomic E-state index is 0.0681. The Kier molecular flexibility index (Phi) is 4.79. The summed E-state index contributed by atoms with van der Waals surface area (Å²) < 4.78 is 0. The number of carbonyl (C=O) groups is 2. The Hall–Kier alpha value is -3.15. The molecule has 0 aliphatic rings. The molecule has 1 heterocycles. The third-order valence-electron chi connectivity index (χ3n) is 4.04. The molecule has 3 aromatic rings. The van der Waals surface area contributed by atoms with E-state index in [1.165, 1.54) is 5.56 Å². The number of benzene rings is 2. The Balaban J connectivity index is 1.51. The fraction of sp³-hybridized carbons (Fsp3) is 0.211. The molecule has 0 spiro atoms. The van der Waals surface area contributed by atoms with E-state index in [1.807, 2.05) is 56.3 Å². The lowest BCUT2D eigenvalue weighted by Crippen LogP contribution is -2.43. The van der Waals surface area contributed by atoms with Crippen molar-refractivity contribution < 1.29 is 9.59 Å². The van der Waals surface area contributed by atoms with E-state index in [0.717, 1.165) is 22.2 Å². The van der Waals surface area contributed by atoms with Crippen molar-refractivity contribution >= 4 is 22.8 Å². The SMILES string of the molecule is Cc1ccc(CC(=O)NNC(=O)Cc2nc3ccccc3[nH]2)cc1C. The molecule has 0 saturated carbocycles. The van der Waals surface area contributed by atoms with Crippen molar-refractivity contribution in [2.75, 3.05) is 0 Å². The van der Waals surface area contributed by atoms with E-state index in [2.05, 4.69) is 20.8 Å². The molecule has 0 aliphatic heterocycles. The number of aromatic nitrogens is 2. The Morgan fingerprint density at radius 2 is 1.68 bits per heavy atom. The van der Waals surface area contributed by atoms with Crippen LogP contribution in [0.4, 0.5) is 0 Å². The number of rotatable bonds is 4. The second-order valence-corrected chi connectivity index (χ2v) is 6.07. The summed E-state index contributed by atoms with van der Waals surface area (Å²) in [7, 11) is 0. The first-order valence-corrected chi connectivity index (χ1v) is 8.09. The van der Waals surface area contributed by atoms with Gasteiger partial charge in [-0.25, -0.2) is 4.98 Å². The number of imidazole rings is 1. The number of hydrogen-bond donors (Lipinski definition) is 3. The van der Waals surface area contributed by atoms with Crippen LogP contribution in [0, 0.1) is 13.8 Å². The van der Waals surface area contributed by atoms with E-state index < -0.39 is 0 Å². The van der Waals surface area contributed by atoms with Crippen molar-refractivity contribution in [3.8, 4) is 0 Å². The number of aryl methyl sites for hydroxylation is 2. The van der Waals surface area contributed by atoms with E-state index in [9.17, 15) is 9.59 Å². The average Bonchev–Trinajstić information content (AvgIpc) is 2.98. The molecule has 0 aliphatic carbocycles. The van der Waals surface area contributed by atoms with Gasteiger partial charge in [0.15, 0.2) is 0 Å². The maximum atomic E-state index is 12.0. The minimum atomic E-state index is -0.326. The molecule has 0 atom stereocenters. The van der Waals surface area contributed by atoms with Crippen LogP contribution in [0.2, 0.25) is 0 Å². The van der Waals surface area contributed by atoms with Gasteiger partial charge in [0, 0.05) is 0 Å². The fourth-order valence-corrected chi connectivity index (χ4v) is 2.57. The maximum Gasteiger partial charge on any atom is 0.245 e. The Morgan fingerprint density at radius 1 is 0.960 bits per heavy atom. The van der Waals surface area contributed by atoms with Gasteiger partial charge in [0.1, 0.15) is 5.82 Å². The van der Waals surface area contributed by atoms with Crippen LogP contribution >= 0.6 is 0 Å². The van der Waals surface area contributed by atoms with E-state index >= 15 is 0 Å². The number of nitrogens with one attached hydrogen (secondary N) is 3. The zero-order valence-corrected chi connectivity index (χ0v) is 14.2. The van der Waals surface area contributed by atoms with Gasteiger partial charge in [0.2, 0.25) is 11.8 Å². The highest BCUT2D eigenvalue weighted by Gasteiger charge is 2.10. The minimum Gasteiger partial charge on any atom is -0.342 e. The van der Waals surface area contributed by atoms with Crippen molar-refractivity contribution in [1.82, 2.24) is 20.8 Å². The predicted molar refractivity (Wildman–Crippen MR) is 95.7 cm³/mol. The van der Waals surface area contributed by atoms with E-state index in [1.54, 1.807) is 0 Å². The van der Waals surface area contributed by atoms with Crippen LogP contribution < -0.4 is 10.9 Å². The number of H-pyrrole nitrogens is 1. The molecule has 3 N–H and O–H groups in total. The second kappa shape index (κ2) is 7.17. The van der Waals surface area contributed by atoms with Crippen molar-refractivity contribution in [3.05, 3.63) is 65.0 Å². The monoisotopic (exact) mass is 336 g/mol. The number of nitrogens with zero attached hydrogens (tertiary/aromatic N) is 1. The van der Waals surface area contributed by atoms with Crippen LogP contribution in [0.3, 0.4) is 0 Å². The molecule has 2 amide bonds. The molecule has 6 nitrogen and oxygen atoms in total. The Bertz CT molecular complexity index is 897. The van der Waals surface area contributed by atoms with Crippen molar-refractivity contribution in [2.24, 2.45) is 0 Å². The smallest absolute Gasteiger partial charge is 0.245 e. The number of amides is 2. The summed E-state index contributed by atoms with van der Waals surface area (Å²) in [5, 5.41) is 0. The quantitative estimate of drug-likeness (QED) is 0.638. The molecule has 128 valence electrons. The highest BCUT2D eigenvalue weighted by molar-refractivity contribution is 5.84. The molecule has 3 rings (SSSR count). The third kappa shape index (κ3) is 4.23. The molecular weight excluding hydrogens is 316 g/mol. The number of hydrogen-bond acceptors (Lipinski definition) is 3. The van der Waals surface area contributed by atoms with Gasteiger partial charge < -0.3 is 4.98 Å². The first-order chi connectivity index (χ1) is 12.0. The number of carbonyl (C=O) groups excluding carboxylic acids is 2. The molecule has 0 fully saturated rings. The highest BCUT2D eigenvalue weighted by Crippen LogP contribution is 2.11. The summed E-state index contributed by atoms with van der Waals surface area (Å²) in [6.07, 6.45) is 0.282. The third-order valence-corrected chi connectivity index (χ3v) is 4.04. The zero-order chi connectivity index (χ0) is 17.8. The summed E-state index contributed by atoms with van der Waals surface area (Å²) in [5.41, 5.74) is 9.78. The molecule has 0 saturated heterocycles. The molecule has 0 unspecified atom stereocenters. The van der Waals surface area contributed by atoms with Crippen LogP contribution in [0.25, 0.3) is 11.0 Å². The first kappa shape index (κ1) is 16.7. The lowest BCUT2D eigenvalue weighted by atomic mass is 10.0. The van der Waals surface area contributed by atoms with Gasteiger partial charge in [-0.15, -0.1) is 0 Å². The highest BCUT2D eigenvalue weighted by atomic mass is 16.2. The Labute approximate surface area is 145 Å². The van der Waals surface area contributed by atoms with E-state index in [0.29, 0.717) is 5.82 Å². The molecule has 6 heteroatoms. The number of aromatic amines is 1. The second-order valence-electron chi connectivity index (χ2n) is 6.07. The molecule has 0 radical (unpaired) electrons. The van der Waals surface area contributed by atoms with Gasteiger partial charge in [0.25, 0.3) is 0 Å². The van der Waals surface area contributed by atoms with Gasteiger partial charge in [-0.05, 0) is 42.7 Å².